The van der Waals surface area contributed by atoms with Gasteiger partial charge in [0, 0.05) is 23.9 Å². The second kappa shape index (κ2) is 8.63. The van der Waals surface area contributed by atoms with Crippen molar-refractivity contribution in [1.29, 1.82) is 0 Å². The van der Waals surface area contributed by atoms with Crippen LogP contribution in [0.15, 0.2) is 59.6 Å². The summed E-state index contributed by atoms with van der Waals surface area (Å²) in [6.07, 6.45) is 3.83. The molecule has 0 saturated carbocycles. The third kappa shape index (κ3) is 4.02. The average molecular weight is 465 g/mol. The van der Waals surface area contributed by atoms with Crippen LogP contribution in [0.25, 0.3) is 11.3 Å². The first kappa shape index (κ1) is 22.4. The summed E-state index contributed by atoms with van der Waals surface area (Å²) in [4.78, 5) is 1.79. The lowest BCUT2D eigenvalue weighted by Crippen LogP contribution is -2.23. The van der Waals surface area contributed by atoms with E-state index in [0.717, 1.165) is 34.0 Å². The van der Waals surface area contributed by atoms with Crippen molar-refractivity contribution in [3.63, 3.8) is 0 Å². The van der Waals surface area contributed by atoms with E-state index in [1.54, 1.807) is 18.2 Å². The van der Waals surface area contributed by atoms with E-state index in [1.165, 1.54) is 30.5 Å². The van der Waals surface area contributed by atoms with E-state index in [0.29, 0.717) is 6.42 Å². The molecule has 1 aliphatic carbocycles. The number of nitrogens with zero attached hydrogens (tertiary/aromatic N) is 2. The quantitative estimate of drug-likeness (QED) is 0.511. The minimum atomic E-state index is -4.23. The van der Waals surface area contributed by atoms with Gasteiger partial charge in [0.2, 0.25) is 0 Å². The molecule has 0 N–H and O–H groups in total. The molecule has 32 heavy (non-hydrogen) atoms. The Balaban J connectivity index is 1.95. The molecule has 9 heteroatoms. The molecule has 1 heterocycles. The molecule has 0 aliphatic heterocycles. The number of rotatable bonds is 6. The highest BCUT2D eigenvalue weighted by Crippen LogP contribution is 2.42. The predicted molar refractivity (Wildman–Crippen MR) is 115 cm³/mol. The zero-order chi connectivity index (χ0) is 23.0. The van der Waals surface area contributed by atoms with E-state index in [4.69, 9.17) is 0 Å². The van der Waals surface area contributed by atoms with E-state index in [-0.39, 0.29) is 27.9 Å². The third-order valence-electron chi connectivity index (χ3n) is 5.71. The molecule has 1 atom stereocenters. The molecule has 2 aromatic carbocycles. The molecule has 0 bridgehead atoms. The largest absolute Gasteiger partial charge is 0.435 e. The van der Waals surface area contributed by atoms with Crippen molar-refractivity contribution in [1.82, 2.24) is 8.87 Å². The number of halogens is 3. The molecule has 5 nitrogen and oxygen atoms in total. The number of hydrogen-bond acceptors (Lipinski definition) is 4. The minimum Gasteiger partial charge on any atom is -0.435 e. The molecule has 0 saturated heterocycles. The van der Waals surface area contributed by atoms with Crippen LogP contribution in [-0.4, -0.2) is 38.0 Å². The van der Waals surface area contributed by atoms with Gasteiger partial charge in [-0.3, -0.25) is 0 Å². The SMILES string of the molecule is CN(C)C1CCCc2c1cn(S(=O)(=O)c1cccc(OC(F)F)c1)c2-c1ccccc1F. The molecular weight excluding hydrogens is 441 g/mol. The summed E-state index contributed by atoms with van der Waals surface area (Å²) in [5.74, 6) is -0.803. The number of hydrogen-bond donors (Lipinski definition) is 0. The van der Waals surface area contributed by atoms with Gasteiger partial charge in [-0.15, -0.1) is 0 Å². The predicted octanol–water partition coefficient (Wildman–Crippen LogP) is 5.07. The van der Waals surface area contributed by atoms with Gasteiger partial charge in [0.1, 0.15) is 11.6 Å². The first-order valence-corrected chi connectivity index (χ1v) is 11.6. The lowest BCUT2D eigenvalue weighted by atomic mass is 9.87. The fourth-order valence-corrected chi connectivity index (χ4v) is 5.74. The van der Waals surface area contributed by atoms with Crippen LogP contribution in [0.4, 0.5) is 13.2 Å². The van der Waals surface area contributed by atoms with Crippen LogP contribution in [0.3, 0.4) is 0 Å². The molecular formula is C23H23F3N2O3S. The molecule has 4 rings (SSSR count). The van der Waals surface area contributed by atoms with E-state index < -0.39 is 22.5 Å². The number of benzene rings is 2. The molecule has 1 aliphatic rings. The van der Waals surface area contributed by atoms with Gasteiger partial charge in [-0.2, -0.15) is 8.78 Å². The number of fused-ring (bicyclic) bond motifs is 1. The van der Waals surface area contributed by atoms with Gasteiger partial charge < -0.3 is 9.64 Å². The molecule has 1 unspecified atom stereocenters. The van der Waals surface area contributed by atoms with Crippen LogP contribution in [0.5, 0.6) is 5.75 Å². The second-order valence-electron chi connectivity index (χ2n) is 7.92. The van der Waals surface area contributed by atoms with Crippen molar-refractivity contribution >= 4 is 10.0 Å². The van der Waals surface area contributed by atoms with Crippen LogP contribution in [0, 0.1) is 5.82 Å². The van der Waals surface area contributed by atoms with Crippen molar-refractivity contribution in [2.75, 3.05) is 14.1 Å². The number of alkyl halides is 2. The third-order valence-corrected chi connectivity index (χ3v) is 7.37. The van der Waals surface area contributed by atoms with Crippen LogP contribution >= 0.6 is 0 Å². The van der Waals surface area contributed by atoms with Crippen molar-refractivity contribution in [2.24, 2.45) is 0 Å². The zero-order valence-corrected chi connectivity index (χ0v) is 18.4. The summed E-state index contributed by atoms with van der Waals surface area (Å²) in [6, 6.07) is 11.0. The summed E-state index contributed by atoms with van der Waals surface area (Å²) in [6.45, 7) is -3.08. The standard InChI is InChI=1S/C23H23F3N2O3S/c1-27(2)21-12-6-10-17-19(21)14-28(22(17)18-9-3-4-11-20(18)24)32(29,30)16-8-5-7-15(13-16)31-23(25)26/h3-5,7-9,11,13-14,21,23H,6,10,12H2,1-2H3. The number of ether oxygens (including phenoxy) is 1. The molecule has 0 amide bonds. The monoisotopic (exact) mass is 464 g/mol. The van der Waals surface area contributed by atoms with Gasteiger partial charge in [-0.25, -0.2) is 16.8 Å². The maximum absolute atomic E-state index is 14.8. The fraction of sp³-hybridized carbons (Fsp3) is 0.304. The van der Waals surface area contributed by atoms with Crippen molar-refractivity contribution in [3.8, 4) is 17.0 Å². The first-order valence-electron chi connectivity index (χ1n) is 10.2. The van der Waals surface area contributed by atoms with Crippen molar-refractivity contribution < 1.29 is 26.3 Å². The van der Waals surface area contributed by atoms with Crippen LogP contribution < -0.4 is 4.74 Å². The number of aromatic nitrogens is 1. The van der Waals surface area contributed by atoms with Crippen molar-refractivity contribution in [2.45, 2.75) is 36.8 Å². The Labute approximate surface area is 185 Å². The molecule has 3 aromatic rings. The highest BCUT2D eigenvalue weighted by molar-refractivity contribution is 7.90. The summed E-state index contributed by atoms with van der Waals surface area (Å²) in [7, 11) is -0.397. The van der Waals surface area contributed by atoms with Gasteiger partial charge in [-0.1, -0.05) is 18.2 Å². The van der Waals surface area contributed by atoms with Crippen LogP contribution in [-0.2, 0) is 16.4 Å². The maximum atomic E-state index is 14.8. The zero-order valence-electron chi connectivity index (χ0n) is 17.6. The normalized spacial score (nSPS) is 16.4. The van der Waals surface area contributed by atoms with Gasteiger partial charge in [0.15, 0.2) is 0 Å². The summed E-state index contributed by atoms with van der Waals surface area (Å²) < 4.78 is 72.9. The van der Waals surface area contributed by atoms with Gasteiger partial charge in [0.25, 0.3) is 10.0 Å². The van der Waals surface area contributed by atoms with Crippen molar-refractivity contribution in [3.05, 3.63) is 71.7 Å². The second-order valence-corrected chi connectivity index (χ2v) is 9.73. The van der Waals surface area contributed by atoms with E-state index in [9.17, 15) is 21.6 Å². The smallest absolute Gasteiger partial charge is 0.387 e. The van der Waals surface area contributed by atoms with Crippen LogP contribution in [0.1, 0.15) is 30.0 Å². The maximum Gasteiger partial charge on any atom is 0.387 e. The Bertz CT molecular complexity index is 1240. The van der Waals surface area contributed by atoms with Gasteiger partial charge in [-0.05, 0) is 68.8 Å². The Morgan fingerprint density at radius 3 is 2.56 bits per heavy atom. The molecule has 170 valence electrons. The van der Waals surface area contributed by atoms with Gasteiger partial charge in [0.05, 0.1) is 10.6 Å². The highest BCUT2D eigenvalue weighted by atomic mass is 32.2. The minimum absolute atomic E-state index is 0.0192. The summed E-state index contributed by atoms with van der Waals surface area (Å²) in [5.41, 5.74) is 2.05. The van der Waals surface area contributed by atoms with E-state index >= 15 is 0 Å². The summed E-state index contributed by atoms with van der Waals surface area (Å²) >= 11 is 0. The fourth-order valence-electron chi connectivity index (χ4n) is 4.30. The summed E-state index contributed by atoms with van der Waals surface area (Å²) in [5, 5.41) is 0. The molecule has 0 fully saturated rings. The Morgan fingerprint density at radius 2 is 1.88 bits per heavy atom. The van der Waals surface area contributed by atoms with E-state index in [1.807, 2.05) is 19.0 Å². The molecule has 0 spiro atoms. The first-order chi connectivity index (χ1) is 15.2. The lowest BCUT2D eigenvalue weighted by molar-refractivity contribution is -0.0499. The highest BCUT2D eigenvalue weighted by Gasteiger charge is 2.33. The lowest BCUT2D eigenvalue weighted by Gasteiger charge is -2.28. The van der Waals surface area contributed by atoms with Crippen LogP contribution in [0.2, 0.25) is 0 Å². The Kier molecular flexibility index (Phi) is 6.05. The topological polar surface area (TPSA) is 51.5 Å². The van der Waals surface area contributed by atoms with E-state index in [2.05, 4.69) is 4.74 Å². The Hall–Kier alpha value is -2.78. The average Bonchev–Trinajstić information content (AvgIpc) is 3.14. The van der Waals surface area contributed by atoms with Gasteiger partial charge >= 0.3 is 6.61 Å². The Morgan fingerprint density at radius 1 is 1.12 bits per heavy atom. The molecule has 0 radical (unpaired) electrons. The molecule has 1 aromatic heterocycles.